The Morgan fingerprint density at radius 1 is 1.56 bits per heavy atom. The first-order chi connectivity index (χ1) is 7.47. The highest BCUT2D eigenvalue weighted by molar-refractivity contribution is 5.75. The number of esters is 1. The molecule has 0 aliphatic carbocycles. The molecule has 0 radical (unpaired) electrons. The number of carbonyl (C=O) groups excluding carboxylic acids is 1. The first-order valence-electron chi connectivity index (χ1n) is 6.00. The van der Waals surface area contributed by atoms with Gasteiger partial charge >= 0.3 is 5.97 Å². The third-order valence-corrected chi connectivity index (χ3v) is 3.40. The van der Waals surface area contributed by atoms with E-state index in [9.17, 15) is 4.79 Å². The number of nitrogens with one attached hydrogen (secondary N) is 1. The predicted molar refractivity (Wildman–Crippen MR) is 64.3 cm³/mol. The molecule has 94 valence electrons. The van der Waals surface area contributed by atoms with E-state index in [2.05, 4.69) is 17.1 Å². The van der Waals surface area contributed by atoms with Crippen molar-refractivity contribution in [2.24, 2.45) is 5.41 Å². The molecule has 4 nitrogen and oxygen atoms in total. The number of carbonyl (C=O) groups is 1. The second-order valence-corrected chi connectivity index (χ2v) is 5.21. The highest BCUT2D eigenvalue weighted by atomic mass is 16.5. The van der Waals surface area contributed by atoms with Crippen LogP contribution in [0.1, 0.15) is 27.2 Å². The monoisotopic (exact) mass is 228 g/mol. The number of methoxy groups -OCH3 is 1. The van der Waals surface area contributed by atoms with Crippen LogP contribution in [-0.2, 0) is 9.53 Å². The van der Waals surface area contributed by atoms with Crippen molar-refractivity contribution in [2.75, 3.05) is 33.3 Å². The summed E-state index contributed by atoms with van der Waals surface area (Å²) in [6, 6.07) is 0.558. The molecule has 0 amide bonds. The van der Waals surface area contributed by atoms with Crippen LogP contribution in [0.25, 0.3) is 0 Å². The number of nitrogens with zero attached hydrogens (tertiary/aromatic N) is 1. The maximum atomic E-state index is 11.5. The molecule has 0 aromatic rings. The van der Waals surface area contributed by atoms with E-state index in [4.69, 9.17) is 4.74 Å². The van der Waals surface area contributed by atoms with E-state index in [1.54, 1.807) is 0 Å². The van der Waals surface area contributed by atoms with Crippen LogP contribution in [0.5, 0.6) is 0 Å². The Kier molecular flexibility index (Phi) is 4.74. The lowest BCUT2D eigenvalue weighted by atomic mass is 9.89. The van der Waals surface area contributed by atoms with Gasteiger partial charge in [0.15, 0.2) is 0 Å². The van der Waals surface area contributed by atoms with Gasteiger partial charge in [-0.05, 0) is 33.7 Å². The lowest BCUT2D eigenvalue weighted by Gasteiger charge is -2.35. The minimum absolute atomic E-state index is 0.115. The van der Waals surface area contributed by atoms with Gasteiger partial charge in [0.05, 0.1) is 12.5 Å². The Hall–Kier alpha value is -0.610. The highest BCUT2D eigenvalue weighted by Crippen LogP contribution is 2.23. The molecule has 4 heteroatoms. The molecule has 0 bridgehead atoms. The summed E-state index contributed by atoms with van der Waals surface area (Å²) in [7, 11) is 1.46. The second kappa shape index (κ2) is 5.64. The topological polar surface area (TPSA) is 41.6 Å². The average Bonchev–Trinajstić information content (AvgIpc) is 2.27. The van der Waals surface area contributed by atoms with Crippen molar-refractivity contribution in [3.63, 3.8) is 0 Å². The van der Waals surface area contributed by atoms with Crippen molar-refractivity contribution < 1.29 is 9.53 Å². The van der Waals surface area contributed by atoms with Crippen molar-refractivity contribution in [1.29, 1.82) is 0 Å². The van der Waals surface area contributed by atoms with Crippen molar-refractivity contribution in [2.45, 2.75) is 33.2 Å². The maximum Gasteiger partial charge on any atom is 0.311 e. The zero-order valence-electron chi connectivity index (χ0n) is 10.9. The largest absolute Gasteiger partial charge is 0.469 e. The molecular formula is C12H24N2O2. The van der Waals surface area contributed by atoms with Gasteiger partial charge in [-0.1, -0.05) is 0 Å². The molecule has 1 unspecified atom stereocenters. The Bertz CT molecular complexity index is 241. The van der Waals surface area contributed by atoms with Crippen LogP contribution >= 0.6 is 0 Å². The number of ether oxygens (including phenoxy) is 1. The number of rotatable bonds is 4. The predicted octanol–water partition coefficient (Wildman–Crippen LogP) is 0.869. The highest BCUT2D eigenvalue weighted by Gasteiger charge is 2.30. The SMILES string of the molecule is COC(=O)C(C)(C)CCN1CCNCC1C. The molecule has 16 heavy (non-hydrogen) atoms. The van der Waals surface area contributed by atoms with E-state index in [0.717, 1.165) is 32.6 Å². The quantitative estimate of drug-likeness (QED) is 0.725. The van der Waals surface area contributed by atoms with E-state index in [1.807, 2.05) is 13.8 Å². The first-order valence-corrected chi connectivity index (χ1v) is 6.00. The maximum absolute atomic E-state index is 11.5. The second-order valence-electron chi connectivity index (χ2n) is 5.21. The van der Waals surface area contributed by atoms with E-state index < -0.39 is 0 Å². The summed E-state index contributed by atoms with van der Waals surface area (Å²) in [5, 5.41) is 3.36. The molecule has 1 saturated heterocycles. The van der Waals surface area contributed by atoms with Crippen LogP contribution in [0, 0.1) is 5.41 Å². The van der Waals surface area contributed by atoms with Gasteiger partial charge < -0.3 is 10.1 Å². The van der Waals surface area contributed by atoms with Crippen LogP contribution in [0.4, 0.5) is 0 Å². The Morgan fingerprint density at radius 3 is 2.81 bits per heavy atom. The summed E-state index contributed by atoms with van der Waals surface area (Å²) < 4.78 is 4.81. The Morgan fingerprint density at radius 2 is 2.25 bits per heavy atom. The number of hydrogen-bond donors (Lipinski definition) is 1. The number of hydrogen-bond acceptors (Lipinski definition) is 4. The molecule has 1 atom stereocenters. The van der Waals surface area contributed by atoms with Crippen LogP contribution in [0.3, 0.4) is 0 Å². The van der Waals surface area contributed by atoms with Crippen LogP contribution in [0.15, 0.2) is 0 Å². The molecule has 1 heterocycles. The van der Waals surface area contributed by atoms with Gasteiger partial charge in [-0.15, -0.1) is 0 Å². The zero-order chi connectivity index (χ0) is 12.2. The number of piperazine rings is 1. The average molecular weight is 228 g/mol. The molecule has 1 aliphatic heterocycles. The fourth-order valence-corrected chi connectivity index (χ4v) is 2.02. The minimum Gasteiger partial charge on any atom is -0.469 e. The molecule has 1 rings (SSSR count). The molecule has 0 aromatic carbocycles. The summed E-state index contributed by atoms with van der Waals surface area (Å²) in [6.07, 6.45) is 0.851. The lowest BCUT2D eigenvalue weighted by Crippen LogP contribution is -2.50. The minimum atomic E-state index is -0.376. The van der Waals surface area contributed by atoms with E-state index in [-0.39, 0.29) is 11.4 Å². The van der Waals surface area contributed by atoms with E-state index in [1.165, 1.54) is 7.11 Å². The van der Waals surface area contributed by atoms with Gasteiger partial charge in [0, 0.05) is 25.7 Å². The van der Waals surface area contributed by atoms with Crippen molar-refractivity contribution in [3.05, 3.63) is 0 Å². The Balaban J connectivity index is 2.40. The van der Waals surface area contributed by atoms with Gasteiger partial charge in [0.25, 0.3) is 0 Å². The molecule has 0 saturated carbocycles. The van der Waals surface area contributed by atoms with Gasteiger partial charge in [0.1, 0.15) is 0 Å². The molecule has 1 N–H and O–H groups in total. The molecule has 1 aliphatic rings. The third kappa shape index (κ3) is 3.46. The lowest BCUT2D eigenvalue weighted by molar-refractivity contribution is -0.151. The van der Waals surface area contributed by atoms with Gasteiger partial charge in [-0.2, -0.15) is 0 Å². The fourth-order valence-electron chi connectivity index (χ4n) is 2.02. The van der Waals surface area contributed by atoms with Crippen molar-refractivity contribution in [3.8, 4) is 0 Å². The molecule has 1 fully saturated rings. The molecule has 0 spiro atoms. The third-order valence-electron chi connectivity index (χ3n) is 3.40. The van der Waals surface area contributed by atoms with Crippen LogP contribution in [-0.4, -0.2) is 50.2 Å². The van der Waals surface area contributed by atoms with Crippen LogP contribution < -0.4 is 5.32 Å². The van der Waals surface area contributed by atoms with Crippen LogP contribution in [0.2, 0.25) is 0 Å². The molecule has 0 aromatic heterocycles. The summed E-state index contributed by atoms with van der Waals surface area (Å²) in [4.78, 5) is 14.0. The van der Waals surface area contributed by atoms with Crippen molar-refractivity contribution in [1.82, 2.24) is 10.2 Å². The summed E-state index contributed by atoms with van der Waals surface area (Å²) >= 11 is 0. The molecular weight excluding hydrogens is 204 g/mol. The van der Waals surface area contributed by atoms with Gasteiger partial charge in [-0.3, -0.25) is 9.69 Å². The van der Waals surface area contributed by atoms with E-state index in [0.29, 0.717) is 6.04 Å². The fraction of sp³-hybridized carbons (Fsp3) is 0.917. The summed E-state index contributed by atoms with van der Waals surface area (Å²) in [5.74, 6) is -0.115. The van der Waals surface area contributed by atoms with Crippen molar-refractivity contribution >= 4 is 5.97 Å². The normalized spacial score (nSPS) is 23.1. The zero-order valence-corrected chi connectivity index (χ0v) is 10.9. The Labute approximate surface area is 98.3 Å². The summed E-state index contributed by atoms with van der Waals surface area (Å²) in [5.41, 5.74) is -0.376. The van der Waals surface area contributed by atoms with E-state index >= 15 is 0 Å². The standard InChI is InChI=1S/C12H24N2O2/c1-10-9-13-6-8-14(10)7-5-12(2,3)11(15)16-4/h10,13H,5-9H2,1-4H3. The van der Waals surface area contributed by atoms with Gasteiger partial charge in [0.2, 0.25) is 0 Å². The smallest absolute Gasteiger partial charge is 0.311 e. The first kappa shape index (κ1) is 13.5. The summed E-state index contributed by atoms with van der Waals surface area (Å²) in [6.45, 7) is 10.2. The van der Waals surface area contributed by atoms with Gasteiger partial charge in [-0.25, -0.2) is 0 Å².